The largest absolute Gasteiger partial charge is 0.456 e. The van der Waals surface area contributed by atoms with Gasteiger partial charge in [0.1, 0.15) is 22.3 Å². The fourth-order valence-electron chi connectivity index (χ4n) is 8.23. The number of furan rings is 2. The molecule has 0 aliphatic rings. The summed E-state index contributed by atoms with van der Waals surface area (Å²) in [6.45, 7) is 0. The van der Waals surface area contributed by atoms with Crippen LogP contribution in [0.2, 0.25) is 0 Å². The Balaban J connectivity index is 1.13. The quantitative estimate of drug-likeness (QED) is 0.180. The molecule has 2 nitrogen and oxygen atoms in total. The van der Waals surface area contributed by atoms with E-state index in [1.807, 2.05) is 24.3 Å². The third kappa shape index (κ3) is 3.90. The Hall–Kier alpha value is -6.64. The fourth-order valence-corrected chi connectivity index (χ4v) is 8.23. The highest BCUT2D eigenvalue weighted by atomic mass is 16.3. The van der Waals surface area contributed by atoms with Crippen molar-refractivity contribution in [3.63, 3.8) is 0 Å². The number of fused-ring (bicyclic) bond motifs is 10. The summed E-state index contributed by atoms with van der Waals surface area (Å²) >= 11 is 0. The number of hydrogen-bond donors (Lipinski definition) is 0. The van der Waals surface area contributed by atoms with Crippen LogP contribution in [0.15, 0.2) is 179 Å². The van der Waals surface area contributed by atoms with Crippen LogP contribution in [0, 0.1) is 0 Å². The van der Waals surface area contributed by atoms with Crippen molar-refractivity contribution >= 4 is 76.2 Å². The summed E-state index contributed by atoms with van der Waals surface area (Å²) < 4.78 is 13.1. The van der Waals surface area contributed by atoms with Gasteiger partial charge in [-0.1, -0.05) is 146 Å². The minimum atomic E-state index is 0.866. The van der Waals surface area contributed by atoms with Gasteiger partial charge < -0.3 is 8.83 Å². The van der Waals surface area contributed by atoms with Gasteiger partial charge in [0.05, 0.1) is 0 Å². The molecule has 0 bridgehead atoms. The molecule has 0 aliphatic heterocycles. The van der Waals surface area contributed by atoms with E-state index in [2.05, 4.69) is 146 Å². The maximum absolute atomic E-state index is 6.63. The van der Waals surface area contributed by atoms with Crippen LogP contribution in [0.4, 0.5) is 0 Å². The molecule has 2 heterocycles. The maximum atomic E-state index is 6.63. The van der Waals surface area contributed by atoms with Gasteiger partial charge in [0, 0.05) is 27.1 Å². The van der Waals surface area contributed by atoms with Crippen LogP contribution in [0.25, 0.3) is 110 Å². The average molecular weight is 637 g/mol. The van der Waals surface area contributed by atoms with Gasteiger partial charge in [0.15, 0.2) is 0 Å². The molecule has 50 heavy (non-hydrogen) atoms. The minimum Gasteiger partial charge on any atom is -0.456 e. The summed E-state index contributed by atoms with van der Waals surface area (Å²) in [7, 11) is 0. The molecule has 0 amide bonds. The normalized spacial score (nSPS) is 12.0. The highest BCUT2D eigenvalue weighted by Crippen LogP contribution is 2.47. The van der Waals surface area contributed by atoms with Gasteiger partial charge >= 0.3 is 0 Å². The zero-order valence-electron chi connectivity index (χ0n) is 27.0. The van der Waals surface area contributed by atoms with Crippen molar-refractivity contribution in [1.82, 2.24) is 0 Å². The standard InChI is InChI=1S/C48H28O2/c1-2-12-32-27-33(26-21-29(32)11-1)45-36-15-5-3-13-34(36)44(35-14-4-6-16-37(35)45)31-24-22-30(23-25-31)40-28-43-46(38-17-7-9-19-41(38)49-43)47-39-18-8-10-20-42(39)50-48(40)47/h1-28H. The molecule has 11 aromatic rings. The third-order valence-electron chi connectivity index (χ3n) is 10.4. The summed E-state index contributed by atoms with van der Waals surface area (Å²) in [5.74, 6) is 0. The van der Waals surface area contributed by atoms with Gasteiger partial charge in [0.25, 0.3) is 0 Å². The molecule has 0 N–H and O–H groups in total. The first-order valence-corrected chi connectivity index (χ1v) is 17.1. The van der Waals surface area contributed by atoms with E-state index < -0.39 is 0 Å². The summed E-state index contributed by atoms with van der Waals surface area (Å²) in [4.78, 5) is 0. The molecule has 232 valence electrons. The van der Waals surface area contributed by atoms with Gasteiger partial charge in [-0.25, -0.2) is 0 Å². The van der Waals surface area contributed by atoms with Crippen LogP contribution in [0.5, 0.6) is 0 Å². The monoisotopic (exact) mass is 636 g/mol. The highest BCUT2D eigenvalue weighted by molar-refractivity contribution is 6.28. The van der Waals surface area contributed by atoms with Gasteiger partial charge in [-0.05, 0) is 84.4 Å². The summed E-state index contributed by atoms with van der Waals surface area (Å²) in [6, 6.07) is 60.8. The molecular weight excluding hydrogens is 609 g/mol. The fraction of sp³-hybridized carbons (Fsp3) is 0. The second kappa shape index (κ2) is 10.4. The SMILES string of the molecule is c1ccc2cc(-c3c4ccccc4c(-c4ccc(-c5cc6oc7ccccc7c6c6c5oc5ccccc56)cc4)c4ccccc34)ccc2c1. The number of benzene rings is 9. The van der Waals surface area contributed by atoms with Crippen molar-refractivity contribution in [2.75, 3.05) is 0 Å². The lowest BCUT2D eigenvalue weighted by Gasteiger charge is -2.18. The van der Waals surface area contributed by atoms with Crippen LogP contribution < -0.4 is 0 Å². The summed E-state index contributed by atoms with van der Waals surface area (Å²) in [5, 5.41) is 11.9. The van der Waals surface area contributed by atoms with Gasteiger partial charge in [0.2, 0.25) is 0 Å². The van der Waals surface area contributed by atoms with E-state index in [-0.39, 0.29) is 0 Å². The van der Waals surface area contributed by atoms with Crippen LogP contribution in [-0.4, -0.2) is 0 Å². The van der Waals surface area contributed by atoms with Crippen molar-refractivity contribution in [1.29, 1.82) is 0 Å². The zero-order valence-corrected chi connectivity index (χ0v) is 27.0. The third-order valence-corrected chi connectivity index (χ3v) is 10.4. The van der Waals surface area contributed by atoms with Crippen molar-refractivity contribution in [2.24, 2.45) is 0 Å². The van der Waals surface area contributed by atoms with E-state index in [1.165, 1.54) is 54.6 Å². The predicted octanol–water partition coefficient (Wildman–Crippen LogP) is 13.9. The number of para-hydroxylation sites is 2. The van der Waals surface area contributed by atoms with E-state index >= 15 is 0 Å². The average Bonchev–Trinajstić information content (AvgIpc) is 3.75. The maximum Gasteiger partial charge on any atom is 0.144 e. The second-order valence-corrected chi connectivity index (χ2v) is 13.2. The first kappa shape index (κ1) is 27.3. The van der Waals surface area contributed by atoms with Crippen molar-refractivity contribution in [3.8, 4) is 33.4 Å². The van der Waals surface area contributed by atoms with Crippen molar-refractivity contribution < 1.29 is 8.83 Å². The van der Waals surface area contributed by atoms with E-state index in [0.717, 1.165) is 55.0 Å². The topological polar surface area (TPSA) is 26.3 Å². The first-order chi connectivity index (χ1) is 24.8. The highest BCUT2D eigenvalue weighted by Gasteiger charge is 2.21. The van der Waals surface area contributed by atoms with Crippen molar-refractivity contribution in [2.45, 2.75) is 0 Å². The van der Waals surface area contributed by atoms with Crippen molar-refractivity contribution in [3.05, 3.63) is 170 Å². The summed E-state index contributed by atoms with van der Waals surface area (Å²) in [5.41, 5.74) is 10.5. The minimum absolute atomic E-state index is 0.866. The van der Waals surface area contributed by atoms with E-state index in [0.29, 0.717) is 0 Å². The lowest BCUT2D eigenvalue weighted by Crippen LogP contribution is -1.91. The Morgan fingerprint density at radius 2 is 0.780 bits per heavy atom. The molecule has 0 spiro atoms. The van der Waals surface area contributed by atoms with E-state index in [9.17, 15) is 0 Å². The molecule has 0 saturated carbocycles. The number of rotatable bonds is 3. The Labute approximate surface area is 287 Å². The van der Waals surface area contributed by atoms with Crippen LogP contribution in [0.1, 0.15) is 0 Å². The smallest absolute Gasteiger partial charge is 0.144 e. The molecule has 0 unspecified atom stereocenters. The predicted molar refractivity (Wildman–Crippen MR) is 210 cm³/mol. The molecule has 0 atom stereocenters. The number of hydrogen-bond acceptors (Lipinski definition) is 2. The van der Waals surface area contributed by atoms with Crippen LogP contribution >= 0.6 is 0 Å². The van der Waals surface area contributed by atoms with Crippen LogP contribution in [0.3, 0.4) is 0 Å². The lowest BCUT2D eigenvalue weighted by molar-refractivity contribution is 0.664. The second-order valence-electron chi connectivity index (χ2n) is 13.2. The van der Waals surface area contributed by atoms with Crippen LogP contribution in [-0.2, 0) is 0 Å². The molecule has 0 aliphatic carbocycles. The Bertz CT molecular complexity index is 3080. The molecule has 2 heteroatoms. The molecule has 0 saturated heterocycles. The molecule has 0 fully saturated rings. The van der Waals surface area contributed by atoms with E-state index in [1.54, 1.807) is 0 Å². The lowest BCUT2D eigenvalue weighted by atomic mass is 9.85. The van der Waals surface area contributed by atoms with Gasteiger partial charge in [-0.15, -0.1) is 0 Å². The van der Waals surface area contributed by atoms with Gasteiger partial charge in [-0.2, -0.15) is 0 Å². The Kier molecular flexibility index (Phi) is 5.70. The molecular formula is C48H28O2. The Morgan fingerprint density at radius 1 is 0.300 bits per heavy atom. The molecule has 2 aromatic heterocycles. The zero-order chi connectivity index (χ0) is 32.8. The molecule has 9 aromatic carbocycles. The molecule has 0 radical (unpaired) electrons. The van der Waals surface area contributed by atoms with E-state index in [4.69, 9.17) is 8.83 Å². The first-order valence-electron chi connectivity index (χ1n) is 17.1. The van der Waals surface area contributed by atoms with Gasteiger partial charge in [-0.3, -0.25) is 0 Å². The Morgan fingerprint density at radius 3 is 1.44 bits per heavy atom. The molecule has 11 rings (SSSR count). The summed E-state index contributed by atoms with van der Waals surface area (Å²) in [6.07, 6.45) is 0.